The Balaban J connectivity index is 2.12. The van der Waals surface area contributed by atoms with E-state index in [1.807, 2.05) is 26.0 Å². The smallest absolute Gasteiger partial charge is 0.119 e. The van der Waals surface area contributed by atoms with Crippen molar-refractivity contribution in [2.24, 2.45) is 5.73 Å². The quantitative estimate of drug-likeness (QED) is 0.878. The number of aromatic nitrogens is 1. The van der Waals surface area contributed by atoms with Crippen molar-refractivity contribution in [1.29, 1.82) is 0 Å². The molecule has 2 N–H and O–H groups in total. The Hall–Kier alpha value is -1.74. The number of ether oxygens (including phenoxy) is 1. The fraction of sp³-hybridized carbons (Fsp3) is 0.333. The summed E-state index contributed by atoms with van der Waals surface area (Å²) in [5.41, 5.74) is 7.95. The van der Waals surface area contributed by atoms with Gasteiger partial charge in [0.15, 0.2) is 0 Å². The average molecular weight is 244 g/mol. The van der Waals surface area contributed by atoms with Gasteiger partial charge < -0.3 is 15.0 Å². The van der Waals surface area contributed by atoms with Gasteiger partial charge in [0, 0.05) is 18.1 Å². The zero-order valence-corrected chi connectivity index (χ0v) is 11.0. The molecule has 0 radical (unpaired) electrons. The Morgan fingerprint density at radius 3 is 2.50 bits per heavy atom. The van der Waals surface area contributed by atoms with Crippen molar-refractivity contribution in [3.05, 3.63) is 48.3 Å². The van der Waals surface area contributed by atoms with Gasteiger partial charge in [-0.3, -0.25) is 0 Å². The van der Waals surface area contributed by atoms with E-state index in [0.29, 0.717) is 6.54 Å². The topological polar surface area (TPSA) is 40.2 Å². The van der Waals surface area contributed by atoms with Crippen LogP contribution in [0.3, 0.4) is 0 Å². The van der Waals surface area contributed by atoms with E-state index in [4.69, 9.17) is 10.5 Å². The van der Waals surface area contributed by atoms with Crippen molar-refractivity contribution in [1.82, 2.24) is 4.57 Å². The van der Waals surface area contributed by atoms with Gasteiger partial charge in [-0.05, 0) is 62.7 Å². The second-order valence-corrected chi connectivity index (χ2v) is 4.63. The van der Waals surface area contributed by atoms with Crippen LogP contribution in [0.25, 0.3) is 5.69 Å². The molecule has 3 heteroatoms. The highest BCUT2D eigenvalue weighted by Crippen LogP contribution is 2.17. The molecule has 96 valence electrons. The number of benzene rings is 1. The predicted molar refractivity (Wildman–Crippen MR) is 74.3 cm³/mol. The summed E-state index contributed by atoms with van der Waals surface area (Å²) >= 11 is 0. The van der Waals surface area contributed by atoms with Crippen LogP contribution < -0.4 is 10.5 Å². The van der Waals surface area contributed by atoms with Crippen LogP contribution in [-0.4, -0.2) is 17.2 Å². The second-order valence-electron chi connectivity index (χ2n) is 4.63. The number of nitrogens with zero attached hydrogens (tertiary/aromatic N) is 1. The van der Waals surface area contributed by atoms with Crippen LogP contribution >= 0.6 is 0 Å². The summed E-state index contributed by atoms with van der Waals surface area (Å²) in [6, 6.07) is 10.2. The molecule has 0 aliphatic rings. The largest absolute Gasteiger partial charge is 0.491 e. The van der Waals surface area contributed by atoms with E-state index in [-0.39, 0.29) is 6.10 Å². The summed E-state index contributed by atoms with van der Waals surface area (Å²) in [7, 11) is 0. The summed E-state index contributed by atoms with van der Waals surface area (Å²) in [4.78, 5) is 0. The SMILES string of the molecule is CC(C)Oc1ccc(-n2ccc(CCN)c2)cc1. The van der Waals surface area contributed by atoms with Crippen molar-refractivity contribution in [3.8, 4) is 11.4 Å². The third-order valence-corrected chi connectivity index (χ3v) is 2.69. The van der Waals surface area contributed by atoms with E-state index in [9.17, 15) is 0 Å². The van der Waals surface area contributed by atoms with Crippen LogP contribution in [0.5, 0.6) is 5.75 Å². The van der Waals surface area contributed by atoms with Crippen LogP contribution in [-0.2, 0) is 6.42 Å². The lowest BCUT2D eigenvalue weighted by Gasteiger charge is -2.10. The molecule has 1 heterocycles. The van der Waals surface area contributed by atoms with Crippen molar-refractivity contribution >= 4 is 0 Å². The maximum Gasteiger partial charge on any atom is 0.119 e. The molecule has 18 heavy (non-hydrogen) atoms. The first-order valence-electron chi connectivity index (χ1n) is 6.33. The van der Waals surface area contributed by atoms with E-state index < -0.39 is 0 Å². The van der Waals surface area contributed by atoms with Crippen LogP contribution in [0.15, 0.2) is 42.7 Å². The van der Waals surface area contributed by atoms with Crippen molar-refractivity contribution in [2.75, 3.05) is 6.54 Å². The molecule has 0 bridgehead atoms. The zero-order valence-electron chi connectivity index (χ0n) is 11.0. The number of hydrogen-bond donors (Lipinski definition) is 1. The first kappa shape index (κ1) is 12.7. The molecule has 0 unspecified atom stereocenters. The standard InChI is InChI=1S/C15H20N2O/c1-12(2)18-15-5-3-14(4-6-15)17-10-8-13(11-17)7-9-16/h3-6,8,10-12H,7,9,16H2,1-2H3. The molecule has 0 saturated heterocycles. The van der Waals surface area contributed by atoms with E-state index in [2.05, 4.69) is 35.2 Å². The third kappa shape index (κ3) is 3.14. The molecule has 1 aromatic heterocycles. The molecule has 3 nitrogen and oxygen atoms in total. The van der Waals surface area contributed by atoms with Gasteiger partial charge in [0.05, 0.1) is 6.10 Å². The predicted octanol–water partition coefficient (Wildman–Crippen LogP) is 2.77. The van der Waals surface area contributed by atoms with E-state index >= 15 is 0 Å². The summed E-state index contributed by atoms with van der Waals surface area (Å²) in [5, 5.41) is 0. The van der Waals surface area contributed by atoms with Crippen molar-refractivity contribution in [3.63, 3.8) is 0 Å². The Morgan fingerprint density at radius 2 is 1.89 bits per heavy atom. The fourth-order valence-electron chi connectivity index (χ4n) is 1.88. The van der Waals surface area contributed by atoms with Crippen LogP contribution in [0.4, 0.5) is 0 Å². The summed E-state index contributed by atoms with van der Waals surface area (Å²) in [5.74, 6) is 0.906. The third-order valence-electron chi connectivity index (χ3n) is 2.69. The molecular formula is C15H20N2O. The molecule has 0 aliphatic heterocycles. The van der Waals surface area contributed by atoms with Crippen LogP contribution in [0.1, 0.15) is 19.4 Å². The maximum atomic E-state index is 5.62. The summed E-state index contributed by atoms with van der Waals surface area (Å²) < 4.78 is 7.72. The Morgan fingerprint density at radius 1 is 1.17 bits per heavy atom. The minimum Gasteiger partial charge on any atom is -0.491 e. The lowest BCUT2D eigenvalue weighted by Crippen LogP contribution is -2.05. The normalized spacial score (nSPS) is 10.9. The monoisotopic (exact) mass is 244 g/mol. The highest BCUT2D eigenvalue weighted by Gasteiger charge is 2.01. The summed E-state index contributed by atoms with van der Waals surface area (Å²) in [6.07, 6.45) is 5.30. The van der Waals surface area contributed by atoms with E-state index in [1.165, 1.54) is 5.56 Å². The van der Waals surface area contributed by atoms with Gasteiger partial charge in [0.2, 0.25) is 0 Å². The Bertz CT molecular complexity index is 485. The number of hydrogen-bond acceptors (Lipinski definition) is 2. The first-order valence-corrected chi connectivity index (χ1v) is 6.33. The van der Waals surface area contributed by atoms with Gasteiger partial charge in [-0.15, -0.1) is 0 Å². The van der Waals surface area contributed by atoms with Crippen LogP contribution in [0, 0.1) is 0 Å². The van der Waals surface area contributed by atoms with Gasteiger partial charge in [0.25, 0.3) is 0 Å². The highest BCUT2D eigenvalue weighted by molar-refractivity contribution is 5.38. The van der Waals surface area contributed by atoms with Crippen LogP contribution in [0.2, 0.25) is 0 Å². The molecule has 0 spiro atoms. The van der Waals surface area contributed by atoms with E-state index in [0.717, 1.165) is 17.9 Å². The lowest BCUT2D eigenvalue weighted by atomic mass is 10.2. The minimum absolute atomic E-state index is 0.207. The summed E-state index contributed by atoms with van der Waals surface area (Å²) in [6.45, 7) is 4.74. The highest BCUT2D eigenvalue weighted by atomic mass is 16.5. The number of rotatable bonds is 5. The zero-order chi connectivity index (χ0) is 13.0. The van der Waals surface area contributed by atoms with Gasteiger partial charge >= 0.3 is 0 Å². The van der Waals surface area contributed by atoms with Gasteiger partial charge in [-0.25, -0.2) is 0 Å². The maximum absolute atomic E-state index is 5.62. The Kier molecular flexibility index (Phi) is 4.05. The van der Waals surface area contributed by atoms with E-state index in [1.54, 1.807) is 0 Å². The molecule has 0 amide bonds. The Labute approximate surface area is 108 Å². The molecule has 2 rings (SSSR count). The molecule has 0 atom stereocenters. The van der Waals surface area contributed by atoms with Gasteiger partial charge in [-0.2, -0.15) is 0 Å². The molecule has 2 aromatic rings. The second kappa shape index (κ2) is 5.74. The molecule has 1 aromatic carbocycles. The van der Waals surface area contributed by atoms with Crippen molar-refractivity contribution < 1.29 is 4.74 Å². The van der Waals surface area contributed by atoms with Crippen molar-refractivity contribution in [2.45, 2.75) is 26.4 Å². The van der Waals surface area contributed by atoms with Gasteiger partial charge in [-0.1, -0.05) is 0 Å². The molecule has 0 fully saturated rings. The molecular weight excluding hydrogens is 224 g/mol. The molecule has 0 aliphatic carbocycles. The molecule has 0 saturated carbocycles. The first-order chi connectivity index (χ1) is 8.69. The average Bonchev–Trinajstić information content (AvgIpc) is 2.78. The lowest BCUT2D eigenvalue weighted by molar-refractivity contribution is 0.242. The number of nitrogens with two attached hydrogens (primary N) is 1. The minimum atomic E-state index is 0.207. The fourth-order valence-corrected chi connectivity index (χ4v) is 1.88. The van der Waals surface area contributed by atoms with Gasteiger partial charge in [0.1, 0.15) is 5.75 Å².